The summed E-state index contributed by atoms with van der Waals surface area (Å²) in [5.74, 6) is 0.234. The third-order valence-corrected chi connectivity index (χ3v) is 7.08. The second-order valence-corrected chi connectivity index (χ2v) is 8.91. The molecule has 2 aliphatic heterocycles. The van der Waals surface area contributed by atoms with Crippen molar-refractivity contribution in [2.45, 2.75) is 40.8 Å². The van der Waals surface area contributed by atoms with E-state index in [1.807, 2.05) is 0 Å². The average Bonchev–Trinajstić information content (AvgIpc) is 2.81. The Kier molecular flexibility index (Phi) is 4.43. The van der Waals surface area contributed by atoms with Crippen molar-refractivity contribution in [2.24, 2.45) is 0 Å². The predicted molar refractivity (Wildman–Crippen MR) is 95.6 cm³/mol. The van der Waals surface area contributed by atoms with E-state index in [1.165, 1.54) is 6.07 Å². The summed E-state index contributed by atoms with van der Waals surface area (Å²) in [5.41, 5.74) is 1.04. The van der Waals surface area contributed by atoms with E-state index in [0.29, 0.717) is 0 Å². The minimum absolute atomic E-state index is 0.112. The van der Waals surface area contributed by atoms with Crippen molar-refractivity contribution in [1.82, 2.24) is 5.32 Å². The summed E-state index contributed by atoms with van der Waals surface area (Å²) in [6, 6.07) is 8.86. The molecule has 0 bridgehead atoms. The van der Waals surface area contributed by atoms with E-state index in [2.05, 4.69) is 10.6 Å². The molecule has 4 rings (SSSR count). The van der Waals surface area contributed by atoms with Crippen LogP contribution in [0.3, 0.4) is 0 Å². The molecule has 2 aromatic carbocycles. The first-order valence-corrected chi connectivity index (χ1v) is 10.3. The summed E-state index contributed by atoms with van der Waals surface area (Å²) in [6.45, 7) is 1.79. The smallest absolute Gasteiger partial charge is 0.381 e. The van der Waals surface area contributed by atoms with E-state index in [0.717, 1.165) is 61.4 Å². The van der Waals surface area contributed by atoms with Crippen LogP contribution in [0.25, 0.3) is 0 Å². The predicted octanol–water partition coefficient (Wildman–Crippen LogP) is 3.80. The van der Waals surface area contributed by atoms with Gasteiger partial charge in [0, 0.05) is 17.6 Å². The van der Waals surface area contributed by atoms with Crippen molar-refractivity contribution in [3.05, 3.63) is 53.6 Å². The Hall–Kier alpha value is -2.06. The Morgan fingerprint density at radius 1 is 0.926 bits per heavy atom. The van der Waals surface area contributed by atoms with Crippen molar-refractivity contribution < 1.29 is 21.6 Å². The van der Waals surface area contributed by atoms with E-state index in [1.54, 1.807) is 12.1 Å². The van der Waals surface area contributed by atoms with Crippen LogP contribution in [0.4, 0.5) is 18.9 Å². The number of alkyl halides is 3. The maximum atomic E-state index is 12.9. The van der Waals surface area contributed by atoms with E-state index in [9.17, 15) is 21.6 Å². The van der Waals surface area contributed by atoms with Crippen molar-refractivity contribution in [3.8, 4) is 0 Å². The lowest BCUT2D eigenvalue weighted by atomic mass is 9.91. The van der Waals surface area contributed by atoms with Gasteiger partial charge in [0.25, 0.3) is 0 Å². The van der Waals surface area contributed by atoms with Crippen molar-refractivity contribution in [3.63, 3.8) is 0 Å². The van der Waals surface area contributed by atoms with Gasteiger partial charge in [0.15, 0.2) is 0 Å². The zero-order valence-corrected chi connectivity index (χ0v) is 15.2. The number of benzene rings is 2. The van der Waals surface area contributed by atoms with E-state index in [-0.39, 0.29) is 21.8 Å². The lowest BCUT2D eigenvalue weighted by Crippen LogP contribution is -2.21. The van der Waals surface area contributed by atoms with Gasteiger partial charge in [0.05, 0.1) is 15.4 Å². The highest BCUT2D eigenvalue weighted by molar-refractivity contribution is 7.91. The fraction of sp³-hybridized carbons (Fsp3) is 0.368. The first-order chi connectivity index (χ1) is 12.8. The number of hydrogen-bond acceptors (Lipinski definition) is 4. The molecular formula is C19H19F3N2O2S. The molecule has 2 aromatic rings. The molecule has 0 radical (unpaired) electrons. The van der Waals surface area contributed by atoms with Crippen LogP contribution >= 0.6 is 0 Å². The SMILES string of the molecule is O=S(=O)(c1ccc(C(F)(F)F)cc1)c1ccc2c(c1)[C@H]1CCNCC[C@H]1N2. The first-order valence-electron chi connectivity index (χ1n) is 8.80. The molecule has 0 saturated carbocycles. The van der Waals surface area contributed by atoms with Crippen LogP contribution in [-0.2, 0) is 16.0 Å². The summed E-state index contributed by atoms with van der Waals surface area (Å²) in [5, 5.41) is 6.80. The van der Waals surface area contributed by atoms with Crippen molar-refractivity contribution in [2.75, 3.05) is 18.4 Å². The summed E-state index contributed by atoms with van der Waals surface area (Å²) in [4.78, 5) is -0.0267. The molecular weight excluding hydrogens is 377 g/mol. The maximum absolute atomic E-state index is 12.9. The fourth-order valence-electron chi connectivity index (χ4n) is 3.89. The average molecular weight is 396 g/mol. The second-order valence-electron chi connectivity index (χ2n) is 6.96. The highest BCUT2D eigenvalue weighted by Crippen LogP contribution is 2.41. The van der Waals surface area contributed by atoms with Crippen molar-refractivity contribution >= 4 is 15.5 Å². The Bertz CT molecular complexity index is 956. The lowest BCUT2D eigenvalue weighted by molar-refractivity contribution is -0.137. The van der Waals surface area contributed by atoms with Crippen LogP contribution in [0, 0.1) is 0 Å². The molecule has 1 fully saturated rings. The Morgan fingerprint density at radius 2 is 1.59 bits per heavy atom. The number of hydrogen-bond donors (Lipinski definition) is 2. The van der Waals surface area contributed by atoms with Gasteiger partial charge in [0.2, 0.25) is 9.84 Å². The third kappa shape index (κ3) is 3.32. The molecule has 8 heteroatoms. The van der Waals surface area contributed by atoms with Gasteiger partial charge in [-0.3, -0.25) is 0 Å². The number of rotatable bonds is 2. The summed E-state index contributed by atoms with van der Waals surface area (Å²) >= 11 is 0. The van der Waals surface area contributed by atoms with Crippen LogP contribution in [0.1, 0.15) is 29.9 Å². The standard InChI is InChI=1S/C19H19F3N2O2S/c20-19(21,22)12-1-3-13(4-2-12)27(25,26)14-5-6-17-16(11-14)15-7-9-23-10-8-18(15)24-17/h1-6,11,15,18,23-24H,7-10H2/t15-,18-/m1/s1. The largest absolute Gasteiger partial charge is 0.416 e. The molecule has 144 valence electrons. The number of nitrogens with one attached hydrogen (secondary N) is 2. The maximum Gasteiger partial charge on any atom is 0.416 e. The van der Waals surface area contributed by atoms with Crippen LogP contribution in [0.15, 0.2) is 52.3 Å². The fourth-order valence-corrected chi connectivity index (χ4v) is 5.19. The molecule has 4 nitrogen and oxygen atoms in total. The third-order valence-electron chi connectivity index (χ3n) is 5.32. The minimum Gasteiger partial charge on any atom is -0.381 e. The Labute approximate surface area is 155 Å². The van der Waals surface area contributed by atoms with Gasteiger partial charge >= 0.3 is 6.18 Å². The lowest BCUT2D eigenvalue weighted by Gasteiger charge is -2.16. The second kappa shape index (κ2) is 6.53. The van der Waals surface area contributed by atoms with Gasteiger partial charge < -0.3 is 10.6 Å². The highest BCUT2D eigenvalue weighted by atomic mass is 32.2. The van der Waals surface area contributed by atoms with Crippen LogP contribution in [-0.4, -0.2) is 27.5 Å². The molecule has 0 aromatic heterocycles. The molecule has 2 heterocycles. The molecule has 2 atom stereocenters. The molecule has 0 aliphatic carbocycles. The topological polar surface area (TPSA) is 58.2 Å². The van der Waals surface area contributed by atoms with Crippen LogP contribution in [0.2, 0.25) is 0 Å². The molecule has 2 aliphatic rings. The summed E-state index contributed by atoms with van der Waals surface area (Å²) in [6.07, 6.45) is -2.63. The quantitative estimate of drug-likeness (QED) is 0.811. The molecule has 1 saturated heterocycles. The molecule has 0 amide bonds. The molecule has 0 spiro atoms. The monoisotopic (exact) mass is 396 g/mol. The van der Waals surface area contributed by atoms with Gasteiger partial charge in [-0.15, -0.1) is 0 Å². The summed E-state index contributed by atoms with van der Waals surface area (Å²) < 4.78 is 64.0. The number of halogens is 3. The van der Waals surface area contributed by atoms with Gasteiger partial charge in [-0.2, -0.15) is 13.2 Å². The zero-order chi connectivity index (χ0) is 19.2. The normalized spacial score (nSPS) is 22.5. The first kappa shape index (κ1) is 18.3. The van der Waals surface area contributed by atoms with Crippen LogP contribution in [0.5, 0.6) is 0 Å². The summed E-state index contributed by atoms with van der Waals surface area (Å²) in [7, 11) is -3.88. The molecule has 27 heavy (non-hydrogen) atoms. The number of anilines is 1. The van der Waals surface area contributed by atoms with Crippen LogP contribution < -0.4 is 10.6 Å². The van der Waals surface area contributed by atoms with E-state index in [4.69, 9.17) is 0 Å². The van der Waals surface area contributed by atoms with Gasteiger partial charge in [-0.1, -0.05) is 0 Å². The Balaban J connectivity index is 1.68. The van der Waals surface area contributed by atoms with Gasteiger partial charge in [-0.25, -0.2) is 8.42 Å². The van der Waals surface area contributed by atoms with Gasteiger partial charge in [0.1, 0.15) is 0 Å². The number of sulfone groups is 1. The van der Waals surface area contributed by atoms with Gasteiger partial charge in [-0.05, 0) is 74.0 Å². The zero-order valence-electron chi connectivity index (χ0n) is 14.4. The molecule has 0 unspecified atom stereocenters. The highest BCUT2D eigenvalue weighted by Gasteiger charge is 2.34. The van der Waals surface area contributed by atoms with E-state index < -0.39 is 21.6 Å². The van der Waals surface area contributed by atoms with E-state index >= 15 is 0 Å². The Morgan fingerprint density at radius 3 is 2.30 bits per heavy atom. The minimum atomic E-state index is -4.50. The number of fused-ring (bicyclic) bond motifs is 3. The molecule has 2 N–H and O–H groups in total. The van der Waals surface area contributed by atoms with Crippen molar-refractivity contribution in [1.29, 1.82) is 0 Å².